The van der Waals surface area contributed by atoms with Crippen LogP contribution in [0.3, 0.4) is 0 Å². The van der Waals surface area contributed by atoms with Crippen LogP contribution in [0.1, 0.15) is 31.9 Å². The predicted molar refractivity (Wildman–Crippen MR) is 79.2 cm³/mol. The van der Waals surface area contributed by atoms with E-state index in [9.17, 15) is 9.50 Å². The fourth-order valence-corrected chi connectivity index (χ4v) is 2.18. The summed E-state index contributed by atoms with van der Waals surface area (Å²) in [6, 6.07) is 4.60. The summed E-state index contributed by atoms with van der Waals surface area (Å²) in [6.07, 6.45) is 5.99. The van der Waals surface area contributed by atoms with Crippen molar-refractivity contribution >= 4 is 22.4 Å². The van der Waals surface area contributed by atoms with Gasteiger partial charge in [0.25, 0.3) is 0 Å². The van der Waals surface area contributed by atoms with Crippen LogP contribution in [0, 0.1) is 18.2 Å². The third-order valence-electron chi connectivity index (χ3n) is 2.72. The summed E-state index contributed by atoms with van der Waals surface area (Å²) >= 11 is 5.77. The highest BCUT2D eigenvalue weighted by Crippen LogP contribution is 2.33. The largest absolute Gasteiger partial charge is 0.508 e. The van der Waals surface area contributed by atoms with Gasteiger partial charge in [-0.1, -0.05) is 38.3 Å². The van der Waals surface area contributed by atoms with Crippen LogP contribution in [0.4, 0.5) is 4.39 Å². The highest BCUT2D eigenvalue weighted by Gasteiger charge is 2.14. The molecule has 100 valence electrons. The number of benzene rings is 2. The number of rotatable bonds is 1. The molecule has 0 saturated carbocycles. The summed E-state index contributed by atoms with van der Waals surface area (Å²) in [4.78, 5) is 0. The van der Waals surface area contributed by atoms with E-state index in [0.29, 0.717) is 17.2 Å². The van der Waals surface area contributed by atoms with Crippen LogP contribution in [-0.2, 0) is 6.42 Å². The van der Waals surface area contributed by atoms with E-state index in [1.54, 1.807) is 6.07 Å². The van der Waals surface area contributed by atoms with Gasteiger partial charge < -0.3 is 5.11 Å². The molecule has 2 rings (SSSR count). The molecule has 2 aromatic carbocycles. The number of halogens is 2. The zero-order valence-corrected chi connectivity index (χ0v) is 12.0. The van der Waals surface area contributed by atoms with Crippen LogP contribution >= 0.6 is 11.6 Å². The highest BCUT2D eigenvalue weighted by molar-refractivity contribution is 6.31. The summed E-state index contributed by atoms with van der Waals surface area (Å²) in [5.41, 5.74) is 0.966. The van der Waals surface area contributed by atoms with Crippen molar-refractivity contribution < 1.29 is 9.50 Å². The molecule has 0 aliphatic rings. The van der Waals surface area contributed by atoms with Gasteiger partial charge in [0.1, 0.15) is 5.75 Å². The smallest absolute Gasteiger partial charge is 0.158 e. The molecule has 1 nitrogen and oxygen atoms in total. The number of phenols is 1. The third kappa shape index (κ3) is 2.83. The van der Waals surface area contributed by atoms with Gasteiger partial charge in [-0.2, -0.15) is 0 Å². The average molecular weight is 279 g/mol. The van der Waals surface area contributed by atoms with Gasteiger partial charge in [0.15, 0.2) is 5.82 Å². The van der Waals surface area contributed by atoms with Crippen molar-refractivity contribution in [3.8, 4) is 18.1 Å². The molecular formula is C16H16ClFO. The van der Waals surface area contributed by atoms with Crippen molar-refractivity contribution in [3.05, 3.63) is 40.2 Å². The Hall–Kier alpha value is -1.72. The first-order valence-corrected chi connectivity index (χ1v) is 6.56. The molecule has 0 heterocycles. The standard InChI is InChI=1S/C14H10ClFO.C2H6/c1-3-8-5-10(17)6-9-7-12(15)14(16)11(4-2)13(8)9;1-2/h2,5-7,17H,3H2,1H3;1-2H3. The van der Waals surface area contributed by atoms with Gasteiger partial charge in [-0.3, -0.25) is 0 Å². The van der Waals surface area contributed by atoms with E-state index in [2.05, 4.69) is 5.92 Å². The molecule has 1 N–H and O–H groups in total. The maximum Gasteiger partial charge on any atom is 0.158 e. The lowest BCUT2D eigenvalue weighted by molar-refractivity contribution is 0.475. The molecular weight excluding hydrogens is 263 g/mol. The second-order valence-corrected chi connectivity index (χ2v) is 4.16. The zero-order valence-electron chi connectivity index (χ0n) is 11.2. The number of fused-ring (bicyclic) bond motifs is 1. The number of aromatic hydroxyl groups is 1. The lowest BCUT2D eigenvalue weighted by Gasteiger charge is -2.10. The van der Waals surface area contributed by atoms with Gasteiger partial charge in [-0.15, -0.1) is 6.42 Å². The van der Waals surface area contributed by atoms with Crippen molar-refractivity contribution in [2.75, 3.05) is 0 Å². The first kappa shape index (κ1) is 15.3. The molecule has 19 heavy (non-hydrogen) atoms. The Morgan fingerprint density at radius 3 is 2.47 bits per heavy atom. The molecule has 0 atom stereocenters. The van der Waals surface area contributed by atoms with Crippen molar-refractivity contribution in [2.24, 2.45) is 0 Å². The quantitative estimate of drug-likeness (QED) is 0.735. The minimum Gasteiger partial charge on any atom is -0.508 e. The Labute approximate surface area is 118 Å². The second kappa shape index (κ2) is 6.45. The number of aryl methyl sites for hydroxylation is 1. The van der Waals surface area contributed by atoms with Crippen molar-refractivity contribution in [1.82, 2.24) is 0 Å². The van der Waals surface area contributed by atoms with Crippen LogP contribution in [0.2, 0.25) is 5.02 Å². The molecule has 0 saturated heterocycles. The van der Waals surface area contributed by atoms with Gasteiger partial charge in [0.05, 0.1) is 10.6 Å². The van der Waals surface area contributed by atoms with E-state index in [1.165, 1.54) is 12.1 Å². The summed E-state index contributed by atoms with van der Waals surface area (Å²) < 4.78 is 13.8. The van der Waals surface area contributed by atoms with Crippen LogP contribution in [0.15, 0.2) is 18.2 Å². The van der Waals surface area contributed by atoms with Crippen LogP contribution < -0.4 is 0 Å². The second-order valence-electron chi connectivity index (χ2n) is 3.75. The summed E-state index contributed by atoms with van der Waals surface area (Å²) in [7, 11) is 0. The number of hydrogen-bond donors (Lipinski definition) is 1. The van der Waals surface area contributed by atoms with Gasteiger partial charge in [0, 0.05) is 5.39 Å². The molecule has 0 radical (unpaired) electrons. The van der Waals surface area contributed by atoms with Crippen LogP contribution in [0.25, 0.3) is 10.8 Å². The highest BCUT2D eigenvalue weighted by atomic mass is 35.5. The average Bonchev–Trinajstić information content (AvgIpc) is 2.42. The summed E-state index contributed by atoms with van der Waals surface area (Å²) in [5.74, 6) is 1.88. The van der Waals surface area contributed by atoms with E-state index in [1.807, 2.05) is 20.8 Å². The molecule has 0 amide bonds. The maximum absolute atomic E-state index is 13.8. The van der Waals surface area contributed by atoms with Gasteiger partial charge in [-0.05, 0) is 35.6 Å². The van der Waals surface area contributed by atoms with Crippen molar-refractivity contribution in [1.29, 1.82) is 0 Å². The van der Waals surface area contributed by atoms with Gasteiger partial charge in [0.2, 0.25) is 0 Å². The Bertz CT molecular complexity index is 641. The number of hydrogen-bond acceptors (Lipinski definition) is 1. The summed E-state index contributed by atoms with van der Waals surface area (Å²) in [6.45, 7) is 5.92. The monoisotopic (exact) mass is 278 g/mol. The van der Waals surface area contributed by atoms with Crippen molar-refractivity contribution in [2.45, 2.75) is 27.2 Å². The fourth-order valence-electron chi connectivity index (χ4n) is 1.97. The number of terminal acetylenes is 1. The van der Waals surface area contributed by atoms with Crippen molar-refractivity contribution in [3.63, 3.8) is 0 Å². The first-order chi connectivity index (χ1) is 9.08. The Morgan fingerprint density at radius 2 is 1.95 bits per heavy atom. The minimum absolute atomic E-state index is 0.0295. The molecule has 0 spiro atoms. The molecule has 0 aromatic heterocycles. The molecule has 2 aromatic rings. The van der Waals surface area contributed by atoms with E-state index < -0.39 is 5.82 Å². The van der Waals surface area contributed by atoms with Crippen LogP contribution in [-0.4, -0.2) is 5.11 Å². The SMILES string of the molecule is C#Cc1c(F)c(Cl)cc2cc(O)cc(CC)c12.CC. The topological polar surface area (TPSA) is 20.2 Å². The van der Waals surface area contributed by atoms with Gasteiger partial charge >= 0.3 is 0 Å². The van der Waals surface area contributed by atoms with E-state index in [0.717, 1.165) is 5.56 Å². The summed E-state index contributed by atoms with van der Waals surface area (Å²) in [5, 5.41) is 10.8. The molecule has 3 heteroatoms. The van der Waals surface area contributed by atoms with Crippen LogP contribution in [0.5, 0.6) is 5.75 Å². The fraction of sp³-hybridized carbons (Fsp3) is 0.250. The lowest BCUT2D eigenvalue weighted by atomic mass is 9.97. The normalized spacial score (nSPS) is 9.68. The molecule has 0 aliphatic carbocycles. The predicted octanol–water partition coefficient (Wildman–Crippen LogP) is 4.91. The minimum atomic E-state index is -0.581. The van der Waals surface area contributed by atoms with E-state index in [-0.39, 0.29) is 16.3 Å². The molecule has 0 unspecified atom stereocenters. The van der Waals surface area contributed by atoms with Gasteiger partial charge in [-0.25, -0.2) is 4.39 Å². The zero-order chi connectivity index (χ0) is 14.6. The molecule has 0 fully saturated rings. The number of phenolic OH excluding ortho intramolecular Hbond substituents is 1. The molecule has 0 bridgehead atoms. The Balaban J connectivity index is 0.000000861. The first-order valence-electron chi connectivity index (χ1n) is 6.18. The molecule has 0 aliphatic heterocycles. The van der Waals surface area contributed by atoms with E-state index in [4.69, 9.17) is 18.0 Å². The third-order valence-corrected chi connectivity index (χ3v) is 3.00. The lowest BCUT2D eigenvalue weighted by Crippen LogP contribution is -1.93. The maximum atomic E-state index is 13.8. The Morgan fingerprint density at radius 1 is 1.32 bits per heavy atom. The van der Waals surface area contributed by atoms with E-state index >= 15 is 0 Å². The Kier molecular flexibility index (Phi) is 5.20.